The Balaban J connectivity index is 1.96. The maximum Gasteiger partial charge on any atom is 0.334 e. The highest BCUT2D eigenvalue weighted by Crippen LogP contribution is 2.37. The summed E-state index contributed by atoms with van der Waals surface area (Å²) in [6.07, 6.45) is 4.18. The van der Waals surface area contributed by atoms with Gasteiger partial charge in [0.25, 0.3) is 0 Å². The van der Waals surface area contributed by atoms with Crippen molar-refractivity contribution in [2.24, 2.45) is 0 Å². The Morgan fingerprint density at radius 1 is 1.00 bits per heavy atom. The predicted molar refractivity (Wildman–Crippen MR) is 98.8 cm³/mol. The molecule has 150 valence electrons. The van der Waals surface area contributed by atoms with Gasteiger partial charge >= 0.3 is 17.9 Å². The molecule has 4 atom stereocenters. The molecule has 0 aromatic carbocycles. The third kappa shape index (κ3) is 5.66. The maximum absolute atomic E-state index is 12.2. The second-order valence-corrected chi connectivity index (χ2v) is 7.40. The van der Waals surface area contributed by atoms with E-state index in [1.807, 2.05) is 20.9 Å². The minimum atomic E-state index is -0.554. The van der Waals surface area contributed by atoms with Crippen molar-refractivity contribution >= 4 is 17.9 Å². The Morgan fingerprint density at radius 2 is 1.70 bits per heavy atom. The molecule has 2 unspecified atom stereocenters. The molecule has 0 radical (unpaired) electrons. The summed E-state index contributed by atoms with van der Waals surface area (Å²) in [5.74, 6) is -1.40. The second-order valence-electron chi connectivity index (χ2n) is 7.40. The van der Waals surface area contributed by atoms with Crippen molar-refractivity contribution in [3.63, 3.8) is 0 Å². The lowest BCUT2D eigenvalue weighted by molar-refractivity contribution is -0.151. The van der Waals surface area contributed by atoms with E-state index in [4.69, 9.17) is 14.2 Å². The summed E-state index contributed by atoms with van der Waals surface area (Å²) in [5, 5.41) is 0. The molecule has 2 heterocycles. The fourth-order valence-corrected chi connectivity index (χ4v) is 3.68. The molecular formula is C20H29NO6. The predicted octanol–water partition coefficient (Wildman–Crippen LogP) is 2.15. The van der Waals surface area contributed by atoms with Crippen molar-refractivity contribution < 1.29 is 28.6 Å². The number of rotatable bonds is 6. The minimum absolute atomic E-state index is 0.0189. The second kappa shape index (κ2) is 9.17. The quantitative estimate of drug-likeness (QED) is 0.397. The first-order valence-electron chi connectivity index (χ1n) is 9.34. The van der Waals surface area contributed by atoms with E-state index in [9.17, 15) is 14.4 Å². The summed E-state index contributed by atoms with van der Waals surface area (Å²) in [6, 6.07) is 0.214. The van der Waals surface area contributed by atoms with Gasteiger partial charge in [-0.2, -0.15) is 0 Å². The lowest BCUT2D eigenvalue weighted by atomic mass is 10.00. The van der Waals surface area contributed by atoms with Crippen LogP contribution in [0, 0.1) is 0 Å². The van der Waals surface area contributed by atoms with Crippen LogP contribution in [0.3, 0.4) is 0 Å². The Bertz CT molecular complexity index is 649. The van der Waals surface area contributed by atoms with E-state index < -0.39 is 11.9 Å². The van der Waals surface area contributed by atoms with Gasteiger partial charge in [0.15, 0.2) is 0 Å². The molecular weight excluding hydrogens is 350 g/mol. The summed E-state index contributed by atoms with van der Waals surface area (Å²) in [7, 11) is 2.01. The SMILES string of the molecule is CCOC(=O)/C=C(\C)C(=O)O[C@@H]1CC2C[C@@H](OC(=O)C=C(C)C)C(C1)N2C. The van der Waals surface area contributed by atoms with Crippen molar-refractivity contribution in [2.75, 3.05) is 13.7 Å². The topological polar surface area (TPSA) is 82.1 Å². The van der Waals surface area contributed by atoms with Crippen LogP contribution in [0.5, 0.6) is 0 Å². The Labute approximate surface area is 160 Å². The van der Waals surface area contributed by atoms with E-state index >= 15 is 0 Å². The summed E-state index contributed by atoms with van der Waals surface area (Å²) in [5.41, 5.74) is 1.11. The minimum Gasteiger partial charge on any atom is -0.463 e. The van der Waals surface area contributed by atoms with Gasteiger partial charge in [0.05, 0.1) is 12.6 Å². The Kier molecular flexibility index (Phi) is 7.18. The molecule has 0 spiro atoms. The number of ether oxygens (including phenoxy) is 3. The van der Waals surface area contributed by atoms with Crippen LogP contribution in [0.4, 0.5) is 0 Å². The molecule has 0 saturated carbocycles. The van der Waals surface area contributed by atoms with Crippen molar-refractivity contribution in [1.29, 1.82) is 0 Å². The van der Waals surface area contributed by atoms with Gasteiger partial charge in [-0.05, 0) is 34.7 Å². The number of hydrogen-bond acceptors (Lipinski definition) is 7. The van der Waals surface area contributed by atoms with E-state index in [0.717, 1.165) is 18.1 Å². The van der Waals surface area contributed by atoms with E-state index in [-0.39, 0.29) is 42.4 Å². The van der Waals surface area contributed by atoms with E-state index in [0.29, 0.717) is 12.8 Å². The highest BCUT2D eigenvalue weighted by atomic mass is 16.6. The average molecular weight is 379 g/mol. The van der Waals surface area contributed by atoms with Gasteiger partial charge in [-0.25, -0.2) is 14.4 Å². The number of esters is 3. The van der Waals surface area contributed by atoms with E-state index in [1.54, 1.807) is 6.92 Å². The molecule has 0 aromatic heterocycles. The summed E-state index contributed by atoms with van der Waals surface area (Å²) >= 11 is 0. The van der Waals surface area contributed by atoms with Gasteiger partial charge in [-0.15, -0.1) is 0 Å². The number of hydrogen-bond donors (Lipinski definition) is 0. The molecule has 0 N–H and O–H groups in total. The molecule has 2 saturated heterocycles. The molecule has 27 heavy (non-hydrogen) atoms. The number of likely N-dealkylation sites (N-methyl/N-ethyl adjacent to an activating group) is 1. The van der Waals surface area contributed by atoms with Crippen LogP contribution in [0.2, 0.25) is 0 Å². The lowest BCUT2D eigenvalue weighted by Crippen LogP contribution is -2.46. The highest BCUT2D eigenvalue weighted by Gasteiger charge is 2.47. The smallest absolute Gasteiger partial charge is 0.334 e. The Morgan fingerprint density at radius 3 is 2.33 bits per heavy atom. The zero-order valence-corrected chi connectivity index (χ0v) is 16.7. The zero-order chi connectivity index (χ0) is 20.1. The monoisotopic (exact) mass is 379 g/mol. The molecule has 2 rings (SSSR count). The molecule has 2 fully saturated rings. The van der Waals surface area contributed by atoms with Crippen LogP contribution < -0.4 is 0 Å². The summed E-state index contributed by atoms with van der Waals surface area (Å²) in [6.45, 7) is 7.19. The number of allylic oxidation sites excluding steroid dienone is 1. The standard InChI is InChI=1S/C20H29NO6/c1-6-25-18(22)8-13(4)20(24)26-15-9-14-10-17(16(11-15)21(14)5)27-19(23)7-12(2)3/h7-8,14-17H,6,9-11H2,1-5H3/b13-8+/t14?,15-,16?,17-/m1/s1. The first-order valence-corrected chi connectivity index (χ1v) is 9.34. The fourth-order valence-electron chi connectivity index (χ4n) is 3.68. The van der Waals surface area contributed by atoms with Gasteiger partial charge in [0.1, 0.15) is 12.2 Å². The average Bonchev–Trinajstić information content (AvgIpc) is 2.73. The van der Waals surface area contributed by atoms with E-state index in [1.165, 1.54) is 13.0 Å². The van der Waals surface area contributed by atoms with Crippen molar-refractivity contribution in [3.05, 3.63) is 23.3 Å². The van der Waals surface area contributed by atoms with Gasteiger partial charge < -0.3 is 14.2 Å². The van der Waals surface area contributed by atoms with Gasteiger partial charge in [-0.3, -0.25) is 4.90 Å². The largest absolute Gasteiger partial charge is 0.463 e. The number of carbonyl (C=O) groups excluding carboxylic acids is 3. The van der Waals surface area contributed by atoms with Crippen LogP contribution in [-0.4, -0.2) is 60.8 Å². The van der Waals surface area contributed by atoms with Crippen LogP contribution in [0.1, 0.15) is 47.0 Å². The molecule has 7 nitrogen and oxygen atoms in total. The normalized spacial score (nSPS) is 27.7. The van der Waals surface area contributed by atoms with Crippen molar-refractivity contribution in [2.45, 2.75) is 71.2 Å². The fraction of sp³-hybridized carbons (Fsp3) is 0.650. The van der Waals surface area contributed by atoms with Crippen molar-refractivity contribution in [3.8, 4) is 0 Å². The van der Waals surface area contributed by atoms with Crippen molar-refractivity contribution in [1.82, 2.24) is 4.90 Å². The molecule has 2 bridgehead atoms. The van der Waals surface area contributed by atoms with Crippen LogP contribution in [-0.2, 0) is 28.6 Å². The molecule has 0 aliphatic carbocycles. The first-order chi connectivity index (χ1) is 12.7. The molecule has 0 amide bonds. The van der Waals surface area contributed by atoms with Crippen LogP contribution >= 0.6 is 0 Å². The molecule has 2 aliphatic heterocycles. The van der Waals surface area contributed by atoms with Gasteiger partial charge in [0, 0.05) is 43.0 Å². The zero-order valence-electron chi connectivity index (χ0n) is 16.7. The first kappa shape index (κ1) is 21.2. The Hall–Kier alpha value is -2.15. The maximum atomic E-state index is 12.2. The number of carbonyl (C=O) groups is 3. The van der Waals surface area contributed by atoms with Gasteiger partial charge in [0.2, 0.25) is 0 Å². The summed E-state index contributed by atoms with van der Waals surface area (Å²) < 4.78 is 16.0. The third-order valence-corrected chi connectivity index (χ3v) is 4.96. The van der Waals surface area contributed by atoms with Crippen LogP contribution in [0.15, 0.2) is 23.3 Å². The number of nitrogens with zero attached hydrogens (tertiary/aromatic N) is 1. The highest BCUT2D eigenvalue weighted by molar-refractivity contribution is 5.95. The molecule has 2 aliphatic rings. The molecule has 0 aromatic rings. The lowest BCUT2D eigenvalue weighted by Gasteiger charge is -2.36. The molecule has 7 heteroatoms. The van der Waals surface area contributed by atoms with E-state index in [2.05, 4.69) is 4.90 Å². The number of piperidine rings is 1. The number of fused-ring (bicyclic) bond motifs is 2. The van der Waals surface area contributed by atoms with Crippen LogP contribution in [0.25, 0.3) is 0 Å². The van der Waals surface area contributed by atoms with Gasteiger partial charge in [-0.1, -0.05) is 5.57 Å². The third-order valence-electron chi connectivity index (χ3n) is 4.96. The summed E-state index contributed by atoms with van der Waals surface area (Å²) in [4.78, 5) is 37.9.